The molecule has 82 heavy (non-hydrogen) atoms. The first kappa shape index (κ1) is 78.8. The molecule has 476 valence electrons. The molecule has 0 spiro atoms. The highest BCUT2D eigenvalue weighted by atomic mass is 16.6. The van der Waals surface area contributed by atoms with E-state index in [-0.39, 0.29) is 31.1 Å². The maximum atomic E-state index is 13.0. The van der Waals surface area contributed by atoms with Gasteiger partial charge in [0.15, 0.2) is 6.10 Å². The third kappa shape index (κ3) is 67.6. The summed E-state index contributed by atoms with van der Waals surface area (Å²) in [5.74, 6) is -0.856. The van der Waals surface area contributed by atoms with Crippen molar-refractivity contribution in [1.29, 1.82) is 0 Å². The number of carbonyl (C=O) groups excluding carboxylic acids is 3. The molecule has 0 aromatic carbocycles. The zero-order valence-electron chi connectivity index (χ0n) is 54.8. The van der Waals surface area contributed by atoms with Gasteiger partial charge in [0, 0.05) is 19.3 Å². The van der Waals surface area contributed by atoms with Gasteiger partial charge < -0.3 is 14.2 Å². The van der Waals surface area contributed by atoms with Crippen LogP contribution in [0.5, 0.6) is 0 Å². The number of carbonyl (C=O) groups is 3. The molecule has 0 aromatic rings. The molecule has 0 rings (SSSR count). The predicted molar refractivity (Wildman–Crippen MR) is 358 cm³/mol. The first-order valence-corrected chi connectivity index (χ1v) is 35.9. The summed E-state index contributed by atoms with van der Waals surface area (Å²) in [6, 6.07) is 0. The third-order valence-electron chi connectivity index (χ3n) is 15.9. The van der Waals surface area contributed by atoms with Gasteiger partial charge in [-0.15, -0.1) is 0 Å². The summed E-state index contributed by atoms with van der Waals surface area (Å²) >= 11 is 0. The molecule has 0 aliphatic rings. The lowest BCUT2D eigenvalue weighted by Gasteiger charge is -2.18. The normalized spacial score (nSPS) is 12.5. The van der Waals surface area contributed by atoms with Crippen LogP contribution in [0.3, 0.4) is 0 Å². The SMILES string of the molecule is CC/C=C\C/C=C\C/C=C\C/C=C\C/C=C\CCCCCCCCCCCC(=O)OCC(COC(=O)CCCCCCCCCCCCCCCCCC)OC(=O)CCCCCCCCCCCCC/C=C\CCCCCCCCCC. The molecule has 1 atom stereocenters. The summed E-state index contributed by atoms with van der Waals surface area (Å²) in [4.78, 5) is 38.5. The fraction of sp³-hybridized carbons (Fsp3) is 0.803. The summed E-state index contributed by atoms with van der Waals surface area (Å²) in [6.07, 6.45) is 92.1. The number of rotatable bonds is 66. The van der Waals surface area contributed by atoms with Crippen LogP contribution in [-0.4, -0.2) is 37.2 Å². The smallest absolute Gasteiger partial charge is 0.306 e. The quantitative estimate of drug-likeness (QED) is 0.0261. The summed E-state index contributed by atoms with van der Waals surface area (Å²) in [7, 11) is 0. The highest BCUT2D eigenvalue weighted by Crippen LogP contribution is 2.18. The van der Waals surface area contributed by atoms with E-state index in [4.69, 9.17) is 14.2 Å². The lowest BCUT2D eigenvalue weighted by Crippen LogP contribution is -2.30. The summed E-state index contributed by atoms with van der Waals surface area (Å²) in [6.45, 7) is 6.59. The second-order valence-corrected chi connectivity index (χ2v) is 24.1. The zero-order valence-corrected chi connectivity index (χ0v) is 54.8. The van der Waals surface area contributed by atoms with Crippen LogP contribution in [-0.2, 0) is 28.6 Å². The maximum Gasteiger partial charge on any atom is 0.306 e. The highest BCUT2D eigenvalue weighted by Gasteiger charge is 2.19. The molecule has 0 saturated heterocycles. The average Bonchev–Trinajstić information content (AvgIpc) is 3.47. The van der Waals surface area contributed by atoms with Gasteiger partial charge in [-0.3, -0.25) is 14.4 Å². The fourth-order valence-corrected chi connectivity index (χ4v) is 10.6. The lowest BCUT2D eigenvalue weighted by molar-refractivity contribution is -0.167. The minimum absolute atomic E-state index is 0.0729. The third-order valence-corrected chi connectivity index (χ3v) is 15.9. The van der Waals surface area contributed by atoms with Gasteiger partial charge in [-0.25, -0.2) is 0 Å². The number of unbranched alkanes of at least 4 members (excludes halogenated alkanes) is 43. The Hall–Kier alpha value is -3.15. The van der Waals surface area contributed by atoms with Gasteiger partial charge in [0.2, 0.25) is 0 Å². The second kappa shape index (κ2) is 70.3. The van der Waals surface area contributed by atoms with Crippen LogP contribution >= 0.6 is 0 Å². The van der Waals surface area contributed by atoms with E-state index in [0.29, 0.717) is 19.3 Å². The van der Waals surface area contributed by atoms with Crippen molar-refractivity contribution in [3.8, 4) is 0 Å². The number of hydrogen-bond donors (Lipinski definition) is 0. The van der Waals surface area contributed by atoms with Gasteiger partial charge in [0.1, 0.15) is 13.2 Å². The largest absolute Gasteiger partial charge is 0.462 e. The molecule has 0 saturated carbocycles. The predicted octanol–water partition coefficient (Wildman–Crippen LogP) is 24.8. The average molecular weight is 1150 g/mol. The molecule has 0 aromatic heterocycles. The Morgan fingerprint density at radius 1 is 0.256 bits per heavy atom. The molecule has 6 heteroatoms. The minimum Gasteiger partial charge on any atom is -0.462 e. The lowest BCUT2D eigenvalue weighted by atomic mass is 10.0. The van der Waals surface area contributed by atoms with Crippen LogP contribution in [0.4, 0.5) is 0 Å². The highest BCUT2D eigenvalue weighted by molar-refractivity contribution is 5.71. The van der Waals surface area contributed by atoms with Crippen LogP contribution in [0.25, 0.3) is 0 Å². The van der Waals surface area contributed by atoms with Gasteiger partial charge in [0.25, 0.3) is 0 Å². The van der Waals surface area contributed by atoms with E-state index in [1.54, 1.807) is 0 Å². The molecule has 0 N–H and O–H groups in total. The molecule has 0 radical (unpaired) electrons. The molecular weight excluding hydrogens is 1010 g/mol. The van der Waals surface area contributed by atoms with Gasteiger partial charge in [-0.05, 0) is 89.9 Å². The molecule has 0 heterocycles. The van der Waals surface area contributed by atoms with E-state index >= 15 is 0 Å². The van der Waals surface area contributed by atoms with E-state index in [9.17, 15) is 14.4 Å². The van der Waals surface area contributed by atoms with E-state index in [0.717, 1.165) is 96.3 Å². The van der Waals surface area contributed by atoms with Crippen molar-refractivity contribution in [3.05, 3.63) is 72.9 Å². The van der Waals surface area contributed by atoms with Crippen molar-refractivity contribution in [2.45, 2.75) is 380 Å². The van der Waals surface area contributed by atoms with Crippen molar-refractivity contribution >= 4 is 17.9 Å². The van der Waals surface area contributed by atoms with E-state index < -0.39 is 6.10 Å². The fourth-order valence-electron chi connectivity index (χ4n) is 10.6. The Labute approximate surface area is 510 Å². The number of ether oxygens (including phenoxy) is 3. The molecule has 0 bridgehead atoms. The maximum absolute atomic E-state index is 13.0. The molecular formula is C76H136O6. The molecule has 6 nitrogen and oxygen atoms in total. The standard InChI is InChI=1S/C76H136O6/c1-4-7-10-13-16-19-22-25-28-31-33-35-37-38-40-41-43-45-48-51-54-57-60-63-66-69-75(78)81-72-73(71-80-74(77)68-65-62-59-56-53-50-47-30-27-24-21-18-15-12-9-6-3)82-76(79)70-67-64-61-58-55-52-49-46-44-42-39-36-34-32-29-26-23-20-17-14-11-8-5-2/h7,10,16,19,25,28,32-35,38,40,73H,4-6,8-9,11-15,17-18,20-24,26-27,29-31,36-37,39,41-72H2,1-3H3/b10-7-,19-16-,28-25-,34-32-,35-33-,40-38-. The number of esters is 3. The van der Waals surface area contributed by atoms with E-state index in [1.807, 2.05) is 0 Å². The summed E-state index contributed by atoms with van der Waals surface area (Å²) in [5, 5.41) is 0. The van der Waals surface area contributed by atoms with Crippen LogP contribution in [0.15, 0.2) is 72.9 Å². The number of allylic oxidation sites excluding steroid dienone is 12. The van der Waals surface area contributed by atoms with Gasteiger partial charge >= 0.3 is 17.9 Å². The van der Waals surface area contributed by atoms with Crippen molar-refractivity contribution in [3.63, 3.8) is 0 Å². The minimum atomic E-state index is -0.778. The van der Waals surface area contributed by atoms with E-state index in [2.05, 4.69) is 93.7 Å². The Morgan fingerprint density at radius 3 is 0.756 bits per heavy atom. The summed E-state index contributed by atoms with van der Waals surface area (Å²) < 4.78 is 17.0. The Kier molecular flexibility index (Phi) is 67.6. The van der Waals surface area contributed by atoms with Crippen molar-refractivity contribution in [2.24, 2.45) is 0 Å². The number of hydrogen-bond acceptors (Lipinski definition) is 6. The van der Waals surface area contributed by atoms with Crippen molar-refractivity contribution in [2.75, 3.05) is 13.2 Å². The van der Waals surface area contributed by atoms with Gasteiger partial charge in [-0.2, -0.15) is 0 Å². The van der Waals surface area contributed by atoms with E-state index in [1.165, 1.54) is 238 Å². The first-order valence-electron chi connectivity index (χ1n) is 35.9. The monoisotopic (exact) mass is 1150 g/mol. The summed E-state index contributed by atoms with van der Waals surface area (Å²) in [5.41, 5.74) is 0. The molecule has 0 amide bonds. The molecule has 0 fully saturated rings. The zero-order chi connectivity index (χ0) is 59.2. The van der Waals surface area contributed by atoms with Gasteiger partial charge in [0.05, 0.1) is 0 Å². The topological polar surface area (TPSA) is 78.9 Å². The first-order chi connectivity index (χ1) is 40.5. The Bertz CT molecular complexity index is 1500. The Balaban J connectivity index is 4.33. The van der Waals surface area contributed by atoms with Crippen molar-refractivity contribution in [1.82, 2.24) is 0 Å². The van der Waals surface area contributed by atoms with Crippen LogP contribution in [0, 0.1) is 0 Å². The van der Waals surface area contributed by atoms with Gasteiger partial charge in [-0.1, -0.05) is 338 Å². The van der Waals surface area contributed by atoms with Crippen molar-refractivity contribution < 1.29 is 28.6 Å². The van der Waals surface area contributed by atoms with Crippen LogP contribution in [0.1, 0.15) is 374 Å². The second-order valence-electron chi connectivity index (χ2n) is 24.1. The molecule has 0 aliphatic heterocycles. The van der Waals surface area contributed by atoms with Crippen LogP contribution in [0.2, 0.25) is 0 Å². The molecule has 1 unspecified atom stereocenters. The molecule has 0 aliphatic carbocycles. The Morgan fingerprint density at radius 2 is 0.476 bits per heavy atom. The van der Waals surface area contributed by atoms with Crippen LogP contribution < -0.4 is 0 Å².